The van der Waals surface area contributed by atoms with Crippen molar-refractivity contribution in [2.75, 3.05) is 18.0 Å². The topological polar surface area (TPSA) is 29.0 Å². The van der Waals surface area contributed by atoms with Crippen LogP contribution in [0, 0.1) is 5.92 Å². The van der Waals surface area contributed by atoms with E-state index in [2.05, 4.69) is 21.8 Å². The van der Waals surface area contributed by atoms with E-state index in [9.17, 15) is 0 Å². The Morgan fingerprint density at radius 1 is 1.40 bits per heavy atom. The smallest absolute Gasteiger partial charge is 0.225 e. The van der Waals surface area contributed by atoms with Crippen LogP contribution in [0.25, 0.3) is 0 Å². The van der Waals surface area contributed by atoms with Crippen molar-refractivity contribution in [3.63, 3.8) is 0 Å². The van der Waals surface area contributed by atoms with E-state index in [0.29, 0.717) is 10.9 Å². The first-order chi connectivity index (χ1) is 7.16. The molecule has 2 unspecified atom stereocenters. The van der Waals surface area contributed by atoms with Gasteiger partial charge in [0.1, 0.15) is 0 Å². The minimum atomic E-state index is 0.272. The Kier molecular flexibility index (Phi) is 3.32. The SMILES string of the molecule is CC1CN(c2ncc(Cl)cn2)CCC1Cl. The van der Waals surface area contributed by atoms with Crippen molar-refractivity contribution in [2.24, 2.45) is 5.92 Å². The van der Waals surface area contributed by atoms with E-state index in [4.69, 9.17) is 23.2 Å². The van der Waals surface area contributed by atoms with E-state index in [-0.39, 0.29) is 5.38 Å². The summed E-state index contributed by atoms with van der Waals surface area (Å²) in [5.41, 5.74) is 0. The molecule has 15 heavy (non-hydrogen) atoms. The van der Waals surface area contributed by atoms with Crippen LogP contribution in [0.5, 0.6) is 0 Å². The van der Waals surface area contributed by atoms with Gasteiger partial charge in [-0.1, -0.05) is 18.5 Å². The van der Waals surface area contributed by atoms with E-state index < -0.39 is 0 Å². The Morgan fingerprint density at radius 3 is 2.67 bits per heavy atom. The molecule has 3 nitrogen and oxygen atoms in total. The normalized spacial score (nSPS) is 26.7. The number of rotatable bonds is 1. The molecule has 1 aliphatic rings. The molecular formula is C10H13Cl2N3. The Bertz CT molecular complexity index is 328. The van der Waals surface area contributed by atoms with Gasteiger partial charge in [-0.25, -0.2) is 9.97 Å². The molecule has 2 heterocycles. The zero-order chi connectivity index (χ0) is 10.8. The highest BCUT2D eigenvalue weighted by molar-refractivity contribution is 6.30. The maximum absolute atomic E-state index is 6.16. The number of hydrogen-bond acceptors (Lipinski definition) is 3. The Hall–Kier alpha value is -0.540. The third kappa shape index (κ3) is 2.52. The summed E-state index contributed by atoms with van der Waals surface area (Å²) in [4.78, 5) is 10.6. The van der Waals surface area contributed by atoms with Crippen molar-refractivity contribution in [3.8, 4) is 0 Å². The second kappa shape index (κ2) is 4.54. The molecule has 82 valence electrons. The molecule has 1 aromatic rings. The molecule has 0 radical (unpaired) electrons. The number of nitrogens with zero attached hydrogens (tertiary/aromatic N) is 3. The van der Waals surface area contributed by atoms with Crippen LogP contribution in [0.2, 0.25) is 5.02 Å². The number of anilines is 1. The maximum atomic E-state index is 6.16. The summed E-state index contributed by atoms with van der Waals surface area (Å²) in [7, 11) is 0. The zero-order valence-electron chi connectivity index (χ0n) is 8.53. The van der Waals surface area contributed by atoms with Gasteiger partial charge in [0.05, 0.1) is 17.4 Å². The van der Waals surface area contributed by atoms with Gasteiger partial charge < -0.3 is 4.90 Å². The molecule has 5 heteroatoms. The Balaban J connectivity index is 2.08. The molecular weight excluding hydrogens is 233 g/mol. The molecule has 2 rings (SSSR count). The number of piperidine rings is 1. The van der Waals surface area contributed by atoms with Gasteiger partial charge in [-0.05, 0) is 12.3 Å². The summed E-state index contributed by atoms with van der Waals surface area (Å²) in [6, 6.07) is 0. The first-order valence-corrected chi connectivity index (χ1v) is 5.85. The molecule has 0 saturated carbocycles. The van der Waals surface area contributed by atoms with Crippen molar-refractivity contribution in [2.45, 2.75) is 18.7 Å². The van der Waals surface area contributed by atoms with Gasteiger partial charge in [-0.15, -0.1) is 11.6 Å². The lowest BCUT2D eigenvalue weighted by Crippen LogP contribution is -2.40. The quantitative estimate of drug-likeness (QED) is 0.713. The fourth-order valence-electron chi connectivity index (χ4n) is 1.77. The number of hydrogen-bond donors (Lipinski definition) is 0. The van der Waals surface area contributed by atoms with Crippen LogP contribution >= 0.6 is 23.2 Å². The van der Waals surface area contributed by atoms with Gasteiger partial charge >= 0.3 is 0 Å². The van der Waals surface area contributed by atoms with Gasteiger partial charge in [0.25, 0.3) is 0 Å². The standard InChI is InChI=1S/C10H13Cl2N3/c1-7-6-15(3-2-9(7)12)10-13-4-8(11)5-14-10/h4-5,7,9H,2-3,6H2,1H3. The minimum absolute atomic E-state index is 0.272. The van der Waals surface area contributed by atoms with Crippen LogP contribution in [-0.4, -0.2) is 28.4 Å². The summed E-state index contributed by atoms with van der Waals surface area (Å²) >= 11 is 11.9. The predicted octanol–water partition coefficient (Wildman–Crippen LogP) is 2.58. The van der Waals surface area contributed by atoms with Gasteiger partial charge in [0, 0.05) is 18.5 Å². The summed E-state index contributed by atoms with van der Waals surface area (Å²) in [5, 5.41) is 0.840. The fraction of sp³-hybridized carbons (Fsp3) is 0.600. The Morgan fingerprint density at radius 2 is 2.07 bits per heavy atom. The van der Waals surface area contributed by atoms with E-state index >= 15 is 0 Å². The molecule has 1 aliphatic heterocycles. The predicted molar refractivity (Wildman–Crippen MR) is 62.7 cm³/mol. The lowest BCUT2D eigenvalue weighted by molar-refractivity contribution is 0.449. The first kappa shape index (κ1) is 11.0. The van der Waals surface area contributed by atoms with E-state index in [1.165, 1.54) is 0 Å². The van der Waals surface area contributed by atoms with Gasteiger partial charge in [0.15, 0.2) is 0 Å². The van der Waals surface area contributed by atoms with Crippen molar-refractivity contribution in [3.05, 3.63) is 17.4 Å². The molecule has 2 atom stereocenters. The van der Waals surface area contributed by atoms with E-state index in [0.717, 1.165) is 25.5 Å². The van der Waals surface area contributed by atoms with Gasteiger partial charge in [0.2, 0.25) is 5.95 Å². The highest BCUT2D eigenvalue weighted by Gasteiger charge is 2.25. The highest BCUT2D eigenvalue weighted by atomic mass is 35.5. The molecule has 1 aromatic heterocycles. The zero-order valence-corrected chi connectivity index (χ0v) is 10.0. The molecule has 0 N–H and O–H groups in total. The summed E-state index contributed by atoms with van der Waals surface area (Å²) in [5.74, 6) is 1.22. The second-order valence-corrected chi connectivity index (χ2v) is 4.93. The monoisotopic (exact) mass is 245 g/mol. The van der Waals surface area contributed by atoms with Crippen LogP contribution in [0.1, 0.15) is 13.3 Å². The van der Waals surface area contributed by atoms with Crippen LogP contribution in [-0.2, 0) is 0 Å². The average Bonchev–Trinajstić information content (AvgIpc) is 2.23. The van der Waals surface area contributed by atoms with Crippen LogP contribution in [0.4, 0.5) is 5.95 Å². The van der Waals surface area contributed by atoms with E-state index in [1.807, 2.05) is 0 Å². The van der Waals surface area contributed by atoms with Crippen molar-refractivity contribution >= 4 is 29.2 Å². The first-order valence-electron chi connectivity index (χ1n) is 5.03. The van der Waals surface area contributed by atoms with Gasteiger partial charge in [-0.3, -0.25) is 0 Å². The lowest BCUT2D eigenvalue weighted by atomic mass is 10.00. The molecule has 0 aliphatic carbocycles. The van der Waals surface area contributed by atoms with Gasteiger partial charge in [-0.2, -0.15) is 0 Å². The molecule has 1 fully saturated rings. The number of alkyl halides is 1. The van der Waals surface area contributed by atoms with Crippen molar-refractivity contribution in [1.82, 2.24) is 9.97 Å². The molecule has 0 amide bonds. The third-order valence-electron chi connectivity index (χ3n) is 2.69. The van der Waals surface area contributed by atoms with Crippen molar-refractivity contribution in [1.29, 1.82) is 0 Å². The molecule has 0 bridgehead atoms. The third-order valence-corrected chi connectivity index (χ3v) is 3.53. The highest BCUT2D eigenvalue weighted by Crippen LogP contribution is 2.24. The summed E-state index contributed by atoms with van der Waals surface area (Å²) < 4.78 is 0. The minimum Gasteiger partial charge on any atom is -0.340 e. The molecule has 0 aromatic carbocycles. The fourth-order valence-corrected chi connectivity index (χ4v) is 2.04. The summed E-state index contributed by atoms with van der Waals surface area (Å²) in [6.07, 6.45) is 4.23. The maximum Gasteiger partial charge on any atom is 0.225 e. The van der Waals surface area contributed by atoms with Crippen LogP contribution in [0.3, 0.4) is 0 Å². The summed E-state index contributed by atoms with van der Waals surface area (Å²) in [6.45, 7) is 3.98. The number of aromatic nitrogens is 2. The lowest BCUT2D eigenvalue weighted by Gasteiger charge is -2.33. The average molecular weight is 246 g/mol. The van der Waals surface area contributed by atoms with E-state index in [1.54, 1.807) is 12.4 Å². The number of halogens is 2. The largest absolute Gasteiger partial charge is 0.340 e. The Labute approximate surface area is 99.4 Å². The second-order valence-electron chi connectivity index (χ2n) is 3.93. The van der Waals surface area contributed by atoms with Crippen LogP contribution in [0.15, 0.2) is 12.4 Å². The molecule has 0 spiro atoms. The van der Waals surface area contributed by atoms with Crippen molar-refractivity contribution < 1.29 is 0 Å². The molecule has 1 saturated heterocycles. The van der Waals surface area contributed by atoms with Crippen LogP contribution < -0.4 is 4.90 Å².